The van der Waals surface area contributed by atoms with Crippen LogP contribution in [-0.4, -0.2) is 46.6 Å². The maximum absolute atomic E-state index is 13.2. The van der Waals surface area contributed by atoms with Gasteiger partial charge in [0.2, 0.25) is 0 Å². The summed E-state index contributed by atoms with van der Waals surface area (Å²) in [6.45, 7) is 8.31. The Balaban J connectivity index is 1.67. The number of pyridine rings is 2. The molecule has 166 valence electrons. The highest BCUT2D eigenvalue weighted by Gasteiger charge is 2.52. The van der Waals surface area contributed by atoms with Crippen LogP contribution in [0.1, 0.15) is 45.1 Å². The lowest BCUT2D eigenvalue weighted by Gasteiger charge is -2.32. The van der Waals surface area contributed by atoms with Crippen molar-refractivity contribution >= 4 is 23.8 Å². The number of nitriles is 1. The van der Waals surface area contributed by atoms with E-state index in [-0.39, 0.29) is 0 Å². The molecular weight excluding hydrogens is 412 g/mol. The zero-order valence-electron chi connectivity index (χ0n) is 18.7. The fraction of sp³-hybridized carbons (Fsp3) is 0.409. The molecule has 1 fully saturated rings. The van der Waals surface area contributed by atoms with Gasteiger partial charge in [-0.3, -0.25) is 4.98 Å². The van der Waals surface area contributed by atoms with E-state index >= 15 is 0 Å². The molecule has 1 aliphatic heterocycles. The first-order valence-corrected chi connectivity index (χ1v) is 10.3. The molecule has 1 N–H and O–H groups in total. The lowest BCUT2D eigenvalue weighted by molar-refractivity contribution is 0.00578. The van der Waals surface area contributed by atoms with Gasteiger partial charge >= 0.3 is 7.12 Å². The van der Waals surface area contributed by atoms with Crippen molar-refractivity contribution in [2.24, 2.45) is 0 Å². The Kier molecular flexibility index (Phi) is 5.67. The summed E-state index contributed by atoms with van der Waals surface area (Å²) in [7, 11) is 0.976. The summed E-state index contributed by atoms with van der Waals surface area (Å²) < 4.78 is 32.8. The van der Waals surface area contributed by atoms with Crippen LogP contribution in [0.5, 0.6) is 0 Å². The van der Waals surface area contributed by atoms with Gasteiger partial charge in [0, 0.05) is 25.3 Å². The van der Waals surface area contributed by atoms with Gasteiger partial charge in [0.15, 0.2) is 0 Å². The van der Waals surface area contributed by atoms with Crippen molar-refractivity contribution in [1.82, 2.24) is 14.6 Å². The lowest BCUT2D eigenvalue weighted by Crippen LogP contribution is -2.41. The number of rotatable bonds is 6. The first-order chi connectivity index (χ1) is 15.1. The Labute approximate surface area is 186 Å². The summed E-state index contributed by atoms with van der Waals surface area (Å²) in [5.41, 5.74) is 2.12. The number of fused-ring (bicyclic) bond motifs is 1. The second-order valence-electron chi connectivity index (χ2n) is 8.75. The van der Waals surface area contributed by atoms with Gasteiger partial charge in [-0.2, -0.15) is 10.4 Å². The van der Waals surface area contributed by atoms with Crippen molar-refractivity contribution in [3.63, 3.8) is 0 Å². The van der Waals surface area contributed by atoms with Crippen LogP contribution in [0.3, 0.4) is 0 Å². The number of halogens is 1. The molecular formula is C22H25BFN5O3. The summed E-state index contributed by atoms with van der Waals surface area (Å²) in [6.07, 6.45) is 4.05. The number of hydrogen-bond donors (Lipinski definition) is 1. The van der Waals surface area contributed by atoms with E-state index in [1.54, 1.807) is 23.9 Å². The quantitative estimate of drug-likeness (QED) is 0.593. The van der Waals surface area contributed by atoms with Crippen LogP contribution in [0.15, 0.2) is 36.8 Å². The van der Waals surface area contributed by atoms with Gasteiger partial charge in [-0.1, -0.05) is 0 Å². The van der Waals surface area contributed by atoms with E-state index in [9.17, 15) is 9.65 Å². The summed E-state index contributed by atoms with van der Waals surface area (Å²) in [4.78, 5) is 4.11. The molecule has 0 spiro atoms. The monoisotopic (exact) mass is 437 g/mol. The first-order valence-electron chi connectivity index (χ1n) is 10.3. The molecule has 32 heavy (non-hydrogen) atoms. The standard InChI is InChI=1S/C22H25BFN5O3/c1-21(2)22(3,4)32-23(31-21)15-8-18(20-14(9-25)10-28-29(20)13-15)27-12-19(30-5)17-7-6-16(24)11-26-17/h6-8,10-11,13,19,27H,12H2,1-5H3. The van der Waals surface area contributed by atoms with E-state index < -0.39 is 30.2 Å². The minimum Gasteiger partial charge on any atom is -0.399 e. The summed E-state index contributed by atoms with van der Waals surface area (Å²) in [5, 5.41) is 17.2. The SMILES string of the molecule is COC(CNc1cc(B2OC(C)(C)C(C)(C)O2)cn2ncc(C#N)c12)c1ccc(F)cn1. The van der Waals surface area contributed by atoms with E-state index in [1.165, 1.54) is 12.3 Å². The Morgan fingerprint density at radius 2 is 1.97 bits per heavy atom. The Hall–Kier alpha value is -3.00. The van der Waals surface area contributed by atoms with Crippen molar-refractivity contribution in [3.05, 3.63) is 53.9 Å². The fourth-order valence-electron chi connectivity index (χ4n) is 3.56. The molecule has 8 nitrogen and oxygen atoms in total. The van der Waals surface area contributed by atoms with Gasteiger partial charge < -0.3 is 19.4 Å². The van der Waals surface area contributed by atoms with Gasteiger partial charge in [0.1, 0.15) is 23.5 Å². The normalized spacial score (nSPS) is 18.0. The molecule has 4 rings (SSSR count). The second kappa shape index (κ2) is 8.17. The maximum atomic E-state index is 13.2. The Bertz CT molecular complexity index is 1160. The van der Waals surface area contributed by atoms with Crippen LogP contribution >= 0.6 is 0 Å². The van der Waals surface area contributed by atoms with Gasteiger partial charge in [-0.25, -0.2) is 8.91 Å². The average Bonchev–Trinajstić information content (AvgIpc) is 3.26. The molecule has 10 heteroatoms. The molecule has 1 saturated heterocycles. The highest BCUT2D eigenvalue weighted by molar-refractivity contribution is 6.62. The predicted octanol–water partition coefficient (Wildman–Crippen LogP) is 2.84. The Morgan fingerprint density at radius 1 is 1.25 bits per heavy atom. The molecule has 0 aliphatic carbocycles. The van der Waals surface area contributed by atoms with Crippen molar-refractivity contribution in [3.8, 4) is 6.07 Å². The highest BCUT2D eigenvalue weighted by Crippen LogP contribution is 2.36. The molecule has 3 aromatic heterocycles. The zero-order valence-corrected chi connectivity index (χ0v) is 18.7. The van der Waals surface area contributed by atoms with Crippen LogP contribution in [0, 0.1) is 17.1 Å². The van der Waals surface area contributed by atoms with Crippen molar-refractivity contribution < 1.29 is 18.4 Å². The molecule has 1 unspecified atom stereocenters. The van der Waals surface area contributed by atoms with E-state index in [4.69, 9.17) is 14.0 Å². The Morgan fingerprint density at radius 3 is 2.56 bits per heavy atom. The van der Waals surface area contributed by atoms with E-state index in [0.29, 0.717) is 29.0 Å². The van der Waals surface area contributed by atoms with Crippen molar-refractivity contribution in [1.29, 1.82) is 5.26 Å². The van der Waals surface area contributed by atoms with E-state index in [2.05, 4.69) is 21.5 Å². The highest BCUT2D eigenvalue weighted by atomic mass is 19.1. The zero-order chi connectivity index (χ0) is 23.1. The summed E-state index contributed by atoms with van der Waals surface area (Å²) in [5.74, 6) is -0.411. The topological polar surface area (TPSA) is 93.7 Å². The fourth-order valence-corrected chi connectivity index (χ4v) is 3.56. The number of anilines is 1. The summed E-state index contributed by atoms with van der Waals surface area (Å²) in [6, 6.07) is 7.00. The van der Waals surface area contributed by atoms with Crippen LogP contribution in [-0.2, 0) is 14.0 Å². The van der Waals surface area contributed by atoms with Gasteiger partial charge in [-0.15, -0.1) is 0 Å². The first kappa shape index (κ1) is 22.2. The molecule has 1 aliphatic rings. The third-order valence-corrected chi connectivity index (χ3v) is 6.12. The van der Waals surface area contributed by atoms with Crippen LogP contribution in [0.25, 0.3) is 5.52 Å². The third kappa shape index (κ3) is 3.95. The predicted molar refractivity (Wildman–Crippen MR) is 118 cm³/mol. The molecule has 3 aromatic rings. The van der Waals surface area contributed by atoms with Gasteiger partial charge in [-0.05, 0) is 45.9 Å². The van der Waals surface area contributed by atoms with Crippen molar-refractivity contribution in [2.75, 3.05) is 19.0 Å². The molecule has 4 heterocycles. The molecule has 1 atom stereocenters. The minimum atomic E-state index is -0.586. The minimum absolute atomic E-state index is 0.341. The van der Waals surface area contributed by atoms with Gasteiger partial charge in [0.25, 0.3) is 0 Å². The smallest absolute Gasteiger partial charge is 0.399 e. The maximum Gasteiger partial charge on any atom is 0.496 e. The van der Waals surface area contributed by atoms with E-state index in [1.807, 2.05) is 33.8 Å². The molecule has 0 aromatic carbocycles. The number of nitrogens with zero attached hydrogens (tertiary/aromatic N) is 4. The largest absolute Gasteiger partial charge is 0.496 e. The van der Waals surface area contributed by atoms with Crippen LogP contribution < -0.4 is 10.8 Å². The number of hydrogen-bond acceptors (Lipinski definition) is 7. The third-order valence-electron chi connectivity index (χ3n) is 6.12. The lowest BCUT2D eigenvalue weighted by atomic mass is 9.80. The molecule has 0 radical (unpaired) electrons. The summed E-state index contributed by atoms with van der Waals surface area (Å²) >= 11 is 0. The average molecular weight is 437 g/mol. The molecule has 0 amide bonds. The van der Waals surface area contributed by atoms with Crippen LogP contribution in [0.4, 0.5) is 10.1 Å². The number of methoxy groups -OCH3 is 1. The van der Waals surface area contributed by atoms with Gasteiger partial charge in [0.05, 0.1) is 40.5 Å². The van der Waals surface area contributed by atoms with Crippen molar-refractivity contribution in [2.45, 2.75) is 45.0 Å². The van der Waals surface area contributed by atoms with Crippen LogP contribution in [0.2, 0.25) is 0 Å². The van der Waals surface area contributed by atoms with E-state index in [0.717, 1.165) is 11.7 Å². The number of ether oxygens (including phenoxy) is 1. The number of aromatic nitrogens is 3. The molecule has 0 bridgehead atoms. The second-order valence-corrected chi connectivity index (χ2v) is 8.75. The number of nitrogens with one attached hydrogen (secondary N) is 1. The molecule has 0 saturated carbocycles.